The molecule has 0 spiro atoms. The van der Waals surface area contributed by atoms with E-state index >= 15 is 0 Å². The quantitative estimate of drug-likeness (QED) is 0.576. The monoisotopic (exact) mass is 389 g/mol. The summed E-state index contributed by atoms with van der Waals surface area (Å²) in [4.78, 5) is 27.1. The van der Waals surface area contributed by atoms with Crippen LogP contribution in [0.2, 0.25) is 5.02 Å². The maximum absolute atomic E-state index is 12.7. The number of anilines is 1. The molecule has 142 valence electrons. The van der Waals surface area contributed by atoms with E-state index in [0.29, 0.717) is 32.8 Å². The Labute approximate surface area is 162 Å². The molecule has 1 saturated heterocycles. The second-order valence-electron chi connectivity index (χ2n) is 6.10. The molecule has 0 aliphatic carbocycles. The van der Waals surface area contributed by atoms with Gasteiger partial charge >= 0.3 is 0 Å². The van der Waals surface area contributed by atoms with Crippen LogP contribution in [0, 0.1) is 10.1 Å². The van der Waals surface area contributed by atoms with Crippen LogP contribution in [0.4, 0.5) is 11.4 Å². The molecule has 0 unspecified atom stereocenters. The normalized spacial score (nSPS) is 14.1. The number of amides is 1. The van der Waals surface area contributed by atoms with E-state index in [0.717, 1.165) is 11.4 Å². The number of halogens is 1. The first kappa shape index (κ1) is 19.0. The zero-order valence-corrected chi connectivity index (χ0v) is 15.7. The molecule has 0 bridgehead atoms. The predicted octanol–water partition coefficient (Wildman–Crippen LogP) is 3.61. The lowest BCUT2D eigenvalue weighted by atomic mass is 10.1. The molecule has 0 N–H and O–H groups in total. The van der Waals surface area contributed by atoms with Crippen molar-refractivity contribution in [3.8, 4) is 5.75 Å². The van der Waals surface area contributed by atoms with E-state index in [1.807, 2.05) is 31.2 Å². The lowest BCUT2D eigenvalue weighted by molar-refractivity contribution is -0.384. The van der Waals surface area contributed by atoms with Gasteiger partial charge in [0, 0.05) is 37.8 Å². The Morgan fingerprint density at radius 1 is 1.19 bits per heavy atom. The van der Waals surface area contributed by atoms with E-state index in [2.05, 4.69) is 4.90 Å². The molecule has 8 heteroatoms. The van der Waals surface area contributed by atoms with Crippen LogP contribution in [-0.2, 0) is 0 Å². The zero-order valence-electron chi connectivity index (χ0n) is 14.9. The number of carbonyl (C=O) groups is 1. The van der Waals surface area contributed by atoms with Gasteiger partial charge in [-0.05, 0) is 31.2 Å². The summed E-state index contributed by atoms with van der Waals surface area (Å²) >= 11 is 5.82. The van der Waals surface area contributed by atoms with Crippen LogP contribution in [0.25, 0.3) is 0 Å². The minimum atomic E-state index is -0.582. The smallest absolute Gasteiger partial charge is 0.288 e. The van der Waals surface area contributed by atoms with Gasteiger partial charge in [-0.2, -0.15) is 0 Å². The van der Waals surface area contributed by atoms with Gasteiger partial charge in [-0.15, -0.1) is 0 Å². The standard InChI is InChI=1S/C19H20ClN3O4/c1-2-27-18-6-4-3-5-16(18)21-9-11-22(12-10-21)19(24)14-7-8-15(20)17(13-14)23(25)26/h3-8,13H,2,9-12H2,1H3. The minimum Gasteiger partial charge on any atom is -0.492 e. The molecule has 2 aromatic carbocycles. The van der Waals surface area contributed by atoms with Crippen molar-refractivity contribution < 1.29 is 14.5 Å². The highest BCUT2D eigenvalue weighted by Gasteiger charge is 2.25. The van der Waals surface area contributed by atoms with Crippen LogP contribution in [0.5, 0.6) is 5.75 Å². The molecule has 0 atom stereocenters. The molecule has 1 aliphatic heterocycles. The summed E-state index contributed by atoms with van der Waals surface area (Å²) in [7, 11) is 0. The first-order chi connectivity index (χ1) is 13.0. The van der Waals surface area contributed by atoms with E-state index in [1.165, 1.54) is 18.2 Å². The summed E-state index contributed by atoms with van der Waals surface area (Å²) in [5.41, 5.74) is 1.02. The third-order valence-corrected chi connectivity index (χ3v) is 4.78. The van der Waals surface area contributed by atoms with Crippen LogP contribution in [0.3, 0.4) is 0 Å². The number of benzene rings is 2. The SMILES string of the molecule is CCOc1ccccc1N1CCN(C(=O)c2ccc(Cl)c([N+](=O)[O-])c2)CC1. The van der Waals surface area contributed by atoms with Gasteiger partial charge in [0.25, 0.3) is 11.6 Å². The molecular formula is C19H20ClN3O4. The number of hydrogen-bond donors (Lipinski definition) is 0. The number of nitro benzene ring substituents is 1. The summed E-state index contributed by atoms with van der Waals surface area (Å²) < 4.78 is 5.68. The number of piperazine rings is 1. The summed E-state index contributed by atoms with van der Waals surface area (Å²) in [6.07, 6.45) is 0. The number of hydrogen-bond acceptors (Lipinski definition) is 5. The fourth-order valence-corrected chi connectivity index (χ4v) is 3.30. The van der Waals surface area contributed by atoms with Crippen molar-refractivity contribution in [3.05, 3.63) is 63.2 Å². The average molecular weight is 390 g/mol. The van der Waals surface area contributed by atoms with E-state index in [1.54, 1.807) is 4.90 Å². The summed E-state index contributed by atoms with van der Waals surface area (Å²) in [6.45, 7) is 4.89. The molecule has 1 fully saturated rings. The molecule has 3 rings (SSSR count). The zero-order chi connectivity index (χ0) is 19.4. The number of ether oxygens (including phenoxy) is 1. The van der Waals surface area contributed by atoms with E-state index in [9.17, 15) is 14.9 Å². The Hall–Kier alpha value is -2.80. The number of carbonyl (C=O) groups excluding carboxylic acids is 1. The molecule has 7 nitrogen and oxygen atoms in total. The number of nitrogens with zero attached hydrogens (tertiary/aromatic N) is 3. The van der Waals surface area contributed by atoms with Crippen LogP contribution in [0.1, 0.15) is 17.3 Å². The molecule has 1 aliphatic rings. The Balaban J connectivity index is 1.70. The topological polar surface area (TPSA) is 75.9 Å². The number of para-hydroxylation sites is 2. The maximum Gasteiger partial charge on any atom is 0.288 e. The summed E-state index contributed by atoms with van der Waals surface area (Å²) in [6, 6.07) is 12.0. The van der Waals surface area contributed by atoms with Crippen molar-refractivity contribution in [2.24, 2.45) is 0 Å². The fourth-order valence-electron chi connectivity index (χ4n) is 3.11. The van der Waals surface area contributed by atoms with E-state index in [4.69, 9.17) is 16.3 Å². The van der Waals surface area contributed by atoms with Crippen LogP contribution in [-0.4, -0.2) is 48.5 Å². The lowest BCUT2D eigenvalue weighted by Crippen LogP contribution is -2.48. The van der Waals surface area contributed by atoms with Gasteiger partial charge in [0.2, 0.25) is 0 Å². The Bertz CT molecular complexity index is 851. The number of nitro groups is 1. The van der Waals surface area contributed by atoms with Crippen molar-refractivity contribution >= 4 is 28.9 Å². The molecule has 0 radical (unpaired) electrons. The van der Waals surface area contributed by atoms with Crippen molar-refractivity contribution in [3.63, 3.8) is 0 Å². The van der Waals surface area contributed by atoms with Crippen molar-refractivity contribution in [1.82, 2.24) is 4.90 Å². The predicted molar refractivity (Wildman–Crippen MR) is 104 cm³/mol. The molecule has 1 heterocycles. The minimum absolute atomic E-state index is 0.0221. The third-order valence-electron chi connectivity index (χ3n) is 4.46. The average Bonchev–Trinajstić information content (AvgIpc) is 2.68. The van der Waals surface area contributed by atoms with Gasteiger partial charge in [0.15, 0.2) is 0 Å². The van der Waals surface area contributed by atoms with Gasteiger partial charge < -0.3 is 14.5 Å². The maximum atomic E-state index is 12.7. The molecule has 0 aromatic heterocycles. The molecule has 0 saturated carbocycles. The third kappa shape index (κ3) is 4.14. The Kier molecular flexibility index (Phi) is 5.81. The second kappa shape index (κ2) is 8.26. The molecule has 2 aromatic rings. The fraction of sp³-hybridized carbons (Fsp3) is 0.316. The van der Waals surface area contributed by atoms with Gasteiger partial charge in [-0.3, -0.25) is 14.9 Å². The molecular weight excluding hydrogens is 370 g/mol. The highest BCUT2D eigenvalue weighted by atomic mass is 35.5. The molecule has 1 amide bonds. The second-order valence-corrected chi connectivity index (χ2v) is 6.51. The van der Waals surface area contributed by atoms with Gasteiger partial charge in [0.1, 0.15) is 10.8 Å². The Morgan fingerprint density at radius 2 is 1.89 bits per heavy atom. The van der Waals surface area contributed by atoms with Crippen LogP contribution in [0.15, 0.2) is 42.5 Å². The van der Waals surface area contributed by atoms with Gasteiger partial charge in [-0.25, -0.2) is 0 Å². The van der Waals surface area contributed by atoms with E-state index in [-0.39, 0.29) is 22.2 Å². The largest absolute Gasteiger partial charge is 0.492 e. The van der Waals surface area contributed by atoms with Gasteiger partial charge in [-0.1, -0.05) is 23.7 Å². The number of rotatable bonds is 5. The van der Waals surface area contributed by atoms with Crippen molar-refractivity contribution in [2.45, 2.75) is 6.92 Å². The van der Waals surface area contributed by atoms with E-state index < -0.39 is 4.92 Å². The first-order valence-corrected chi connectivity index (χ1v) is 9.09. The van der Waals surface area contributed by atoms with Crippen molar-refractivity contribution in [1.29, 1.82) is 0 Å². The van der Waals surface area contributed by atoms with Gasteiger partial charge in [0.05, 0.1) is 17.2 Å². The summed E-state index contributed by atoms with van der Waals surface area (Å²) in [5.74, 6) is 0.598. The van der Waals surface area contributed by atoms with Crippen LogP contribution >= 0.6 is 11.6 Å². The van der Waals surface area contributed by atoms with Crippen LogP contribution < -0.4 is 9.64 Å². The van der Waals surface area contributed by atoms with Crippen molar-refractivity contribution in [2.75, 3.05) is 37.7 Å². The summed E-state index contributed by atoms with van der Waals surface area (Å²) in [5, 5.41) is 11.1. The highest BCUT2D eigenvalue weighted by Crippen LogP contribution is 2.29. The lowest BCUT2D eigenvalue weighted by Gasteiger charge is -2.36. The molecule has 27 heavy (non-hydrogen) atoms. The Morgan fingerprint density at radius 3 is 2.56 bits per heavy atom. The first-order valence-electron chi connectivity index (χ1n) is 8.71. The highest BCUT2D eigenvalue weighted by molar-refractivity contribution is 6.32.